The molecule has 0 aliphatic rings. The summed E-state index contributed by atoms with van der Waals surface area (Å²) in [5.41, 5.74) is 11.6. The van der Waals surface area contributed by atoms with Gasteiger partial charge in [-0.1, -0.05) is 30.3 Å². The molecular weight excluding hydrogens is 1630 g/mol. The molecule has 0 bridgehead atoms. The number of carboxylic acid groups (broad SMARTS) is 1. The summed E-state index contributed by atoms with van der Waals surface area (Å²) in [5, 5.41) is 16.1. The first-order valence-electron chi connectivity index (χ1n) is 36.6. The van der Waals surface area contributed by atoms with Gasteiger partial charge in [-0.15, -0.1) is 0 Å². The number of benzene rings is 5. The largest absolute Gasteiger partial charge is 0.485 e. The highest BCUT2D eigenvalue weighted by atomic mass is 79.9. The van der Waals surface area contributed by atoms with Gasteiger partial charge in [-0.3, -0.25) is 22.7 Å². The monoisotopic (exact) mass is 1700 g/mol. The Morgan fingerprint density at radius 1 is 0.395 bits per heavy atom. The number of aryl methyl sites for hydroxylation is 10. The Morgan fingerprint density at radius 2 is 0.706 bits per heavy atom. The minimum absolute atomic E-state index is 0.0237. The highest BCUT2D eigenvalue weighted by molar-refractivity contribution is 9.10. The quantitative estimate of drug-likeness (QED) is 0.0567. The van der Waals surface area contributed by atoms with Crippen molar-refractivity contribution in [2.24, 2.45) is 0 Å². The Morgan fingerprint density at radius 3 is 1.07 bits per heavy atom. The van der Waals surface area contributed by atoms with Gasteiger partial charge in [0.1, 0.15) is 95.8 Å². The molecule has 16 rings (SSSR count). The van der Waals surface area contributed by atoms with Crippen molar-refractivity contribution in [3.8, 4) is 40.0 Å². The molecule has 0 amide bonds. The van der Waals surface area contributed by atoms with Crippen molar-refractivity contribution < 1.29 is 87.0 Å². The summed E-state index contributed by atoms with van der Waals surface area (Å²) in [5.74, 6) is -6.07. The number of aromatic nitrogens is 12. The standard InChI is InChI=1S/C19H16F2N4O.C19H18F2N2O3.C17H14F2N2O3.C16H13BrF2N2O.C16H14F2N2O/c1-11-6-17(26-10-14-15(20)4-3-5-16(14)21)19-24-12(2)18(25(19)9-11)13-7-22-23-8-13;1-4-25-19(24)17-12(3)22-18-16(8-11(2)9-23(17)18)26-10-13-14(20)6-5-7-15(13)21;1-9-6-14(24-8-11-12(18)4-3-5-13(11)19)16-20-10(2)15(17(22)23)21(16)7-9;1-9-6-14(16-20-10(2)15(17)21(16)7-9)22-8-11-12(18)4-3-5-13(11)19;1-10-6-15(16-19-11(2)8-20(16)7-10)21-9-12-13(17)4-3-5-14(12)18/h3-9H,10H2,1-2H3,(H,22,23);5-9H,4,10H2,1-3H3;3-7H,8H2,1-2H3,(H,22,23);3-7H,8H2,1-2H3;3-8H,9H2,1-2H3. The van der Waals surface area contributed by atoms with Crippen molar-refractivity contribution >= 4 is 56.1 Å². The first kappa shape index (κ1) is 84.9. The summed E-state index contributed by atoms with van der Waals surface area (Å²) in [4.78, 5) is 45.5. The molecule has 614 valence electrons. The van der Waals surface area contributed by atoms with Gasteiger partial charge < -0.3 is 37.9 Å². The summed E-state index contributed by atoms with van der Waals surface area (Å²) in [6.45, 7) is 19.0. The number of carbonyl (C=O) groups excluding carboxylic acids is 1. The fourth-order valence-electron chi connectivity index (χ4n) is 12.8. The molecule has 0 atom stereocenters. The van der Waals surface area contributed by atoms with E-state index in [1.165, 1.54) is 83.3 Å². The molecule has 119 heavy (non-hydrogen) atoms. The number of halogens is 11. The van der Waals surface area contributed by atoms with Gasteiger partial charge >= 0.3 is 11.9 Å². The number of rotatable bonds is 19. The summed E-state index contributed by atoms with van der Waals surface area (Å²) in [7, 11) is 0. The number of aromatic amines is 1. The molecule has 0 aliphatic heterocycles. The van der Waals surface area contributed by atoms with Crippen molar-refractivity contribution in [3.05, 3.63) is 329 Å². The third-order valence-corrected chi connectivity index (χ3v) is 19.3. The maximum Gasteiger partial charge on any atom is 0.357 e. The van der Waals surface area contributed by atoms with Crippen molar-refractivity contribution in [2.45, 2.75) is 109 Å². The molecular formula is C87H75BrF10N12O9. The second-order valence-corrected chi connectivity index (χ2v) is 28.1. The zero-order valence-corrected chi connectivity index (χ0v) is 67.3. The number of ether oxygens (including phenoxy) is 6. The van der Waals surface area contributed by atoms with E-state index in [9.17, 15) is 58.6 Å². The molecule has 0 aliphatic carbocycles. The topological polar surface area (TPSA) is 225 Å². The molecule has 16 aromatic rings. The third-order valence-electron chi connectivity index (χ3n) is 18.3. The normalized spacial score (nSPS) is 11.1. The number of imidazole rings is 5. The summed E-state index contributed by atoms with van der Waals surface area (Å²) in [6.07, 6.45) is 14.5. The second-order valence-electron chi connectivity index (χ2n) is 27.4. The number of aromatic carboxylic acids is 1. The number of carboxylic acids is 1. The van der Waals surface area contributed by atoms with Gasteiger partial charge in [0.2, 0.25) is 0 Å². The van der Waals surface area contributed by atoms with E-state index in [4.69, 9.17) is 28.4 Å². The molecule has 0 radical (unpaired) electrons. The molecule has 21 nitrogen and oxygen atoms in total. The van der Waals surface area contributed by atoms with Gasteiger partial charge in [0.05, 0.1) is 74.8 Å². The van der Waals surface area contributed by atoms with Gasteiger partial charge in [0.15, 0.2) is 68.4 Å². The maximum atomic E-state index is 13.8. The minimum Gasteiger partial charge on any atom is -0.485 e. The van der Waals surface area contributed by atoms with Gasteiger partial charge in [-0.25, -0.2) is 78.4 Å². The van der Waals surface area contributed by atoms with E-state index in [1.807, 2.05) is 86.5 Å². The van der Waals surface area contributed by atoms with Crippen LogP contribution in [0.4, 0.5) is 43.9 Å². The van der Waals surface area contributed by atoms with Gasteiger partial charge in [0, 0.05) is 48.9 Å². The van der Waals surface area contributed by atoms with Crippen molar-refractivity contribution in [2.75, 3.05) is 6.61 Å². The predicted molar refractivity (Wildman–Crippen MR) is 425 cm³/mol. The van der Waals surface area contributed by atoms with Crippen LogP contribution < -0.4 is 23.7 Å². The maximum absolute atomic E-state index is 13.8. The first-order valence-corrected chi connectivity index (χ1v) is 37.4. The zero-order valence-electron chi connectivity index (χ0n) is 65.7. The lowest BCUT2D eigenvalue weighted by Gasteiger charge is -2.11. The molecule has 2 N–H and O–H groups in total. The average molecular weight is 1700 g/mol. The number of carbonyl (C=O) groups is 2. The van der Waals surface area contributed by atoms with Crippen LogP contribution in [0, 0.1) is 127 Å². The number of esters is 1. The van der Waals surface area contributed by atoms with E-state index in [-0.39, 0.29) is 84.5 Å². The second kappa shape index (κ2) is 36.7. The number of hydrogen-bond donors (Lipinski definition) is 2. The number of pyridine rings is 5. The number of fused-ring (bicyclic) bond motifs is 5. The van der Waals surface area contributed by atoms with Crippen molar-refractivity contribution in [3.63, 3.8) is 0 Å². The van der Waals surface area contributed by atoms with Gasteiger partial charge in [-0.2, -0.15) is 5.10 Å². The number of H-pyrrole nitrogens is 1. The SMILES string of the molecule is CCOC(=O)c1c(C)nc2c(OCc3c(F)cccc3F)cc(C)cn12.Cc1cc(OCc2c(F)cccc2F)c2nc(C)c(-c3cn[nH]c3)n2c1.Cc1cc(OCc2c(F)cccc2F)c2nc(C)c(Br)n2c1.Cc1cc(OCc2c(F)cccc2F)c2nc(C)c(C(=O)O)n2c1.Cc1cc(OCc2c(F)cccc2F)c2nc(C)cn2c1. The molecule has 0 spiro atoms. The molecule has 0 saturated heterocycles. The lowest BCUT2D eigenvalue weighted by atomic mass is 10.2. The Labute approximate surface area is 681 Å². The van der Waals surface area contributed by atoms with E-state index in [1.54, 1.807) is 87.2 Å². The molecule has 5 aromatic carbocycles. The zero-order chi connectivity index (χ0) is 85.4. The number of hydrogen-bond acceptors (Lipinski definition) is 14. The Kier molecular flexibility index (Phi) is 26.2. The van der Waals surface area contributed by atoms with Crippen LogP contribution in [0.15, 0.2) is 176 Å². The lowest BCUT2D eigenvalue weighted by Crippen LogP contribution is -2.10. The molecule has 11 aromatic heterocycles. The molecule has 0 fully saturated rings. The fourth-order valence-corrected chi connectivity index (χ4v) is 13.2. The molecule has 0 saturated carbocycles. The van der Waals surface area contributed by atoms with E-state index in [2.05, 4.69) is 51.0 Å². The van der Waals surface area contributed by atoms with Crippen LogP contribution in [0.2, 0.25) is 0 Å². The smallest absolute Gasteiger partial charge is 0.357 e. The van der Waals surface area contributed by atoms with Crippen molar-refractivity contribution in [1.82, 2.24) is 57.1 Å². The van der Waals surface area contributed by atoms with E-state index in [0.29, 0.717) is 62.7 Å². The number of nitrogens with one attached hydrogen (secondary N) is 1. The van der Waals surface area contributed by atoms with Crippen LogP contribution in [-0.2, 0) is 37.8 Å². The van der Waals surface area contributed by atoms with E-state index >= 15 is 0 Å². The van der Waals surface area contributed by atoms with Crippen LogP contribution in [0.5, 0.6) is 28.7 Å². The predicted octanol–water partition coefficient (Wildman–Crippen LogP) is 20.1. The summed E-state index contributed by atoms with van der Waals surface area (Å²) < 4.78 is 180. The van der Waals surface area contributed by atoms with Gasteiger partial charge in [0.25, 0.3) is 0 Å². The third kappa shape index (κ3) is 19.1. The van der Waals surface area contributed by atoms with Crippen LogP contribution in [0.25, 0.3) is 39.5 Å². The summed E-state index contributed by atoms with van der Waals surface area (Å²) in [6, 6.07) is 27.2. The Bertz CT molecular complexity index is 6380. The molecule has 32 heteroatoms. The van der Waals surface area contributed by atoms with Crippen molar-refractivity contribution in [1.29, 1.82) is 0 Å². The first-order chi connectivity index (χ1) is 56.9. The van der Waals surface area contributed by atoms with Crippen LogP contribution in [-0.4, -0.2) is 80.8 Å². The highest BCUT2D eigenvalue weighted by Crippen LogP contribution is 2.34. The highest BCUT2D eigenvalue weighted by Gasteiger charge is 2.25. The Hall–Kier alpha value is -13.5. The van der Waals surface area contributed by atoms with Crippen LogP contribution in [0.3, 0.4) is 0 Å². The average Bonchev–Trinajstić information content (AvgIpc) is 1.64. The van der Waals surface area contributed by atoms with Gasteiger partial charge in [-0.05, 0) is 211 Å². The Balaban J connectivity index is 0.000000137. The molecule has 11 heterocycles. The minimum atomic E-state index is -1.11. The lowest BCUT2D eigenvalue weighted by molar-refractivity contribution is 0.0516. The molecule has 0 unspecified atom stereocenters. The van der Waals surface area contributed by atoms with Crippen LogP contribution in [0.1, 0.15) is 112 Å². The van der Waals surface area contributed by atoms with Crippen LogP contribution >= 0.6 is 15.9 Å². The fraction of sp³-hybridized carbons (Fsp3) is 0.195. The number of nitrogens with zero attached hydrogens (tertiary/aromatic N) is 11. The van der Waals surface area contributed by atoms with E-state index < -0.39 is 70.1 Å². The van der Waals surface area contributed by atoms with E-state index in [0.717, 1.165) is 72.9 Å². The summed E-state index contributed by atoms with van der Waals surface area (Å²) >= 11 is 3.46.